The molecule has 0 aliphatic carbocycles. The molecule has 2 amide bonds. The van der Waals surface area contributed by atoms with Crippen LogP contribution >= 0.6 is 11.3 Å². The number of hydrogen-bond donors (Lipinski definition) is 2. The standard InChI is InChI=1S/C19H17F3N4O2S/c1-4-12-24-9(3)14-8(2)17(29-19(14)26-12)18(28)23-7-13(27)25-11-6-5-10(20)15(21)16(11)22/h5-6H,4,7H2,1-3H3,(H,23,28)(H,25,27). The smallest absolute Gasteiger partial charge is 0.262 e. The number of amides is 2. The quantitative estimate of drug-likeness (QED) is 0.615. The molecule has 0 fully saturated rings. The van der Waals surface area contributed by atoms with E-state index in [1.807, 2.05) is 13.8 Å². The number of aromatic nitrogens is 2. The predicted octanol–water partition coefficient (Wildman–Crippen LogP) is 3.66. The van der Waals surface area contributed by atoms with Gasteiger partial charge in [0.2, 0.25) is 5.91 Å². The van der Waals surface area contributed by atoms with E-state index in [1.165, 1.54) is 11.3 Å². The summed E-state index contributed by atoms with van der Waals surface area (Å²) in [5.41, 5.74) is 0.958. The Hall–Kier alpha value is -3.01. The third kappa shape index (κ3) is 4.07. The molecule has 1 aromatic carbocycles. The Morgan fingerprint density at radius 1 is 1.10 bits per heavy atom. The van der Waals surface area contributed by atoms with E-state index in [-0.39, 0.29) is 0 Å². The normalized spacial score (nSPS) is 11.0. The summed E-state index contributed by atoms with van der Waals surface area (Å²) in [6, 6.07) is 1.59. The van der Waals surface area contributed by atoms with Crippen LogP contribution in [0.2, 0.25) is 0 Å². The summed E-state index contributed by atoms with van der Waals surface area (Å²) < 4.78 is 39.8. The van der Waals surface area contributed by atoms with Crippen molar-refractivity contribution >= 4 is 39.1 Å². The van der Waals surface area contributed by atoms with Crippen LogP contribution in [0.5, 0.6) is 0 Å². The molecular formula is C19H17F3N4O2S. The SMILES string of the molecule is CCc1nc(C)c2c(C)c(C(=O)NCC(=O)Nc3ccc(F)c(F)c3F)sc2n1. The highest BCUT2D eigenvalue weighted by Gasteiger charge is 2.20. The van der Waals surface area contributed by atoms with Crippen LogP contribution in [-0.2, 0) is 11.2 Å². The van der Waals surface area contributed by atoms with Crippen molar-refractivity contribution < 1.29 is 22.8 Å². The summed E-state index contributed by atoms with van der Waals surface area (Å²) in [7, 11) is 0. The van der Waals surface area contributed by atoms with Gasteiger partial charge in [-0.2, -0.15) is 0 Å². The van der Waals surface area contributed by atoms with Gasteiger partial charge in [0.25, 0.3) is 5.91 Å². The average molecular weight is 422 g/mol. The van der Waals surface area contributed by atoms with Crippen molar-refractivity contribution in [1.29, 1.82) is 0 Å². The molecule has 0 saturated heterocycles. The maximum absolute atomic E-state index is 13.6. The first-order valence-electron chi connectivity index (χ1n) is 8.71. The van der Waals surface area contributed by atoms with Gasteiger partial charge >= 0.3 is 0 Å². The van der Waals surface area contributed by atoms with Gasteiger partial charge < -0.3 is 10.6 Å². The number of anilines is 1. The summed E-state index contributed by atoms with van der Waals surface area (Å²) >= 11 is 1.19. The largest absolute Gasteiger partial charge is 0.342 e. The number of carbonyl (C=O) groups excluding carboxylic acids is 2. The van der Waals surface area contributed by atoms with Gasteiger partial charge in [-0.05, 0) is 31.5 Å². The van der Waals surface area contributed by atoms with E-state index in [1.54, 1.807) is 6.92 Å². The van der Waals surface area contributed by atoms with E-state index < -0.39 is 41.5 Å². The first-order valence-corrected chi connectivity index (χ1v) is 9.52. The van der Waals surface area contributed by atoms with E-state index >= 15 is 0 Å². The van der Waals surface area contributed by atoms with Gasteiger partial charge in [-0.1, -0.05) is 6.92 Å². The Kier molecular flexibility index (Phi) is 5.83. The Morgan fingerprint density at radius 3 is 2.52 bits per heavy atom. The lowest BCUT2D eigenvalue weighted by atomic mass is 10.1. The van der Waals surface area contributed by atoms with Crippen molar-refractivity contribution in [2.75, 3.05) is 11.9 Å². The summed E-state index contributed by atoms with van der Waals surface area (Å²) in [6.07, 6.45) is 0.663. The van der Waals surface area contributed by atoms with E-state index in [0.29, 0.717) is 33.6 Å². The minimum atomic E-state index is -1.68. The molecule has 29 heavy (non-hydrogen) atoms. The number of thiophene rings is 1. The molecule has 0 bridgehead atoms. The number of aryl methyl sites for hydroxylation is 3. The highest BCUT2D eigenvalue weighted by molar-refractivity contribution is 7.20. The second-order valence-electron chi connectivity index (χ2n) is 6.27. The predicted molar refractivity (Wildman–Crippen MR) is 104 cm³/mol. The van der Waals surface area contributed by atoms with Crippen molar-refractivity contribution in [1.82, 2.24) is 15.3 Å². The molecule has 0 radical (unpaired) electrons. The minimum absolute atomic E-state index is 0.387. The molecule has 6 nitrogen and oxygen atoms in total. The molecule has 2 heterocycles. The molecule has 0 spiro atoms. The van der Waals surface area contributed by atoms with Gasteiger partial charge in [-0.3, -0.25) is 9.59 Å². The van der Waals surface area contributed by atoms with E-state index in [9.17, 15) is 22.8 Å². The van der Waals surface area contributed by atoms with Crippen LogP contribution in [0.4, 0.5) is 18.9 Å². The highest BCUT2D eigenvalue weighted by atomic mass is 32.1. The van der Waals surface area contributed by atoms with Crippen molar-refractivity contribution in [3.8, 4) is 0 Å². The average Bonchev–Trinajstić information content (AvgIpc) is 3.03. The summed E-state index contributed by atoms with van der Waals surface area (Å²) in [5.74, 6) is -5.16. The molecule has 0 aliphatic heterocycles. The Balaban J connectivity index is 1.72. The number of rotatable bonds is 5. The van der Waals surface area contributed by atoms with E-state index in [2.05, 4.69) is 20.6 Å². The van der Waals surface area contributed by atoms with E-state index in [4.69, 9.17) is 0 Å². The monoisotopic (exact) mass is 422 g/mol. The van der Waals surface area contributed by atoms with Crippen LogP contribution in [0.1, 0.15) is 33.7 Å². The van der Waals surface area contributed by atoms with E-state index in [0.717, 1.165) is 17.1 Å². The maximum Gasteiger partial charge on any atom is 0.262 e. The third-order valence-electron chi connectivity index (χ3n) is 4.26. The summed E-state index contributed by atoms with van der Waals surface area (Å²) in [6.45, 7) is 5.07. The Morgan fingerprint density at radius 2 is 1.83 bits per heavy atom. The summed E-state index contributed by atoms with van der Waals surface area (Å²) in [5, 5.41) is 5.33. The fourth-order valence-corrected chi connectivity index (χ4v) is 3.99. The zero-order valence-corrected chi connectivity index (χ0v) is 16.6. The van der Waals surface area contributed by atoms with Gasteiger partial charge in [0.05, 0.1) is 17.1 Å². The Labute approximate surface area is 168 Å². The molecule has 3 aromatic rings. The van der Waals surface area contributed by atoms with Crippen LogP contribution in [0, 0.1) is 31.3 Å². The van der Waals surface area contributed by atoms with Gasteiger partial charge in [-0.15, -0.1) is 11.3 Å². The van der Waals surface area contributed by atoms with Crippen molar-refractivity contribution in [3.05, 3.63) is 51.5 Å². The number of nitrogens with zero attached hydrogens (tertiary/aromatic N) is 2. The first kappa shape index (κ1) is 20.7. The molecule has 0 aliphatic rings. The molecular weight excluding hydrogens is 405 g/mol. The second-order valence-corrected chi connectivity index (χ2v) is 7.27. The molecule has 2 N–H and O–H groups in total. The van der Waals surface area contributed by atoms with Crippen LogP contribution in [-0.4, -0.2) is 28.3 Å². The third-order valence-corrected chi connectivity index (χ3v) is 5.44. The van der Waals surface area contributed by atoms with Gasteiger partial charge in [0.15, 0.2) is 17.5 Å². The molecule has 3 rings (SSSR count). The lowest BCUT2D eigenvalue weighted by Crippen LogP contribution is -2.33. The fraction of sp³-hybridized carbons (Fsp3) is 0.263. The number of nitrogens with one attached hydrogen (secondary N) is 2. The van der Waals surface area contributed by atoms with Gasteiger partial charge in [-0.25, -0.2) is 23.1 Å². The zero-order valence-electron chi connectivity index (χ0n) is 15.8. The lowest BCUT2D eigenvalue weighted by Gasteiger charge is -2.08. The van der Waals surface area contributed by atoms with Crippen LogP contribution in [0.3, 0.4) is 0 Å². The number of fused-ring (bicyclic) bond motifs is 1. The Bertz CT molecular complexity index is 1130. The van der Waals surface area contributed by atoms with Gasteiger partial charge in [0, 0.05) is 17.5 Å². The molecule has 0 atom stereocenters. The number of carbonyl (C=O) groups is 2. The van der Waals surface area contributed by atoms with Crippen LogP contribution < -0.4 is 10.6 Å². The summed E-state index contributed by atoms with van der Waals surface area (Å²) in [4.78, 5) is 34.4. The van der Waals surface area contributed by atoms with Crippen LogP contribution in [0.25, 0.3) is 10.2 Å². The number of benzene rings is 1. The highest BCUT2D eigenvalue weighted by Crippen LogP contribution is 2.31. The lowest BCUT2D eigenvalue weighted by molar-refractivity contribution is -0.115. The van der Waals surface area contributed by atoms with Gasteiger partial charge in [0.1, 0.15) is 10.7 Å². The van der Waals surface area contributed by atoms with Crippen molar-refractivity contribution in [2.24, 2.45) is 0 Å². The molecule has 152 valence electrons. The fourth-order valence-electron chi connectivity index (χ4n) is 2.83. The minimum Gasteiger partial charge on any atom is -0.342 e. The number of hydrogen-bond acceptors (Lipinski definition) is 5. The number of halogens is 3. The van der Waals surface area contributed by atoms with Crippen molar-refractivity contribution in [2.45, 2.75) is 27.2 Å². The second kappa shape index (κ2) is 8.16. The molecule has 0 saturated carbocycles. The van der Waals surface area contributed by atoms with Crippen molar-refractivity contribution in [3.63, 3.8) is 0 Å². The molecule has 2 aromatic heterocycles. The van der Waals surface area contributed by atoms with Crippen LogP contribution in [0.15, 0.2) is 12.1 Å². The molecule has 0 unspecified atom stereocenters. The first-order chi connectivity index (χ1) is 13.7. The molecule has 10 heteroatoms. The topological polar surface area (TPSA) is 84.0 Å². The maximum atomic E-state index is 13.6. The zero-order chi connectivity index (χ0) is 21.3.